The highest BCUT2D eigenvalue weighted by molar-refractivity contribution is 6.19. The second-order valence-corrected chi connectivity index (χ2v) is 17.4. The van der Waals surface area contributed by atoms with Crippen LogP contribution in [0, 0.1) is 0 Å². The predicted molar refractivity (Wildman–Crippen MR) is 280 cm³/mol. The van der Waals surface area contributed by atoms with Crippen molar-refractivity contribution in [1.82, 2.24) is 15.0 Å². The molecule has 0 amide bonds. The molecule has 0 saturated carbocycles. The van der Waals surface area contributed by atoms with Gasteiger partial charge in [-0.1, -0.05) is 188 Å². The molecule has 0 bridgehead atoms. The fourth-order valence-corrected chi connectivity index (χ4v) is 10.4. The van der Waals surface area contributed by atoms with E-state index in [9.17, 15) is 0 Å². The number of hydrogen-bond acceptors (Lipinski definition) is 5. The lowest BCUT2D eigenvalue weighted by atomic mass is 9.89. The van der Waals surface area contributed by atoms with Crippen LogP contribution in [0.5, 0.6) is 0 Å². The third-order valence-corrected chi connectivity index (χ3v) is 13.5. The average molecular weight is 868 g/mol. The minimum absolute atomic E-state index is 0.584. The number of hydrogen-bond donors (Lipinski definition) is 0. The van der Waals surface area contributed by atoms with Crippen molar-refractivity contribution in [2.75, 3.05) is 0 Å². The number of nitrogens with zero attached hydrogens (tertiary/aromatic N) is 3. The molecule has 0 fully saturated rings. The predicted octanol–water partition coefficient (Wildman–Crippen LogP) is 17.1. The van der Waals surface area contributed by atoms with Crippen molar-refractivity contribution < 1.29 is 8.83 Å². The molecule has 3 heterocycles. The highest BCUT2D eigenvalue weighted by Gasteiger charge is 2.21. The molecule has 0 N–H and O–H groups in total. The Labute approximate surface area is 390 Å². The molecule has 0 aliphatic rings. The summed E-state index contributed by atoms with van der Waals surface area (Å²) in [5, 5.41) is 11.1. The zero-order valence-corrected chi connectivity index (χ0v) is 36.5. The Balaban J connectivity index is 0.951. The van der Waals surface area contributed by atoms with Crippen molar-refractivity contribution in [2.45, 2.75) is 0 Å². The summed E-state index contributed by atoms with van der Waals surface area (Å²) in [6.07, 6.45) is 0. The summed E-state index contributed by atoms with van der Waals surface area (Å²) in [5.74, 6) is 1.78. The summed E-state index contributed by atoms with van der Waals surface area (Å²) < 4.78 is 13.1. The Hall–Kier alpha value is -9.19. The van der Waals surface area contributed by atoms with Crippen LogP contribution in [0.2, 0.25) is 0 Å². The fraction of sp³-hybridized carbons (Fsp3) is 0. The van der Waals surface area contributed by atoms with Crippen molar-refractivity contribution in [1.29, 1.82) is 0 Å². The van der Waals surface area contributed by atoms with E-state index in [1.165, 1.54) is 10.8 Å². The van der Waals surface area contributed by atoms with Crippen LogP contribution in [-0.4, -0.2) is 15.0 Å². The first kappa shape index (κ1) is 38.1. The molecule has 0 aliphatic carbocycles. The maximum atomic E-state index is 6.80. The molecule has 11 aromatic carbocycles. The van der Waals surface area contributed by atoms with Gasteiger partial charge in [0.25, 0.3) is 0 Å². The molecule has 5 heteroatoms. The topological polar surface area (TPSA) is 65.0 Å². The molecule has 0 saturated heterocycles. The van der Waals surface area contributed by atoms with Crippen LogP contribution in [0.4, 0.5) is 0 Å². The van der Waals surface area contributed by atoms with Crippen LogP contribution in [0.15, 0.2) is 233 Å². The van der Waals surface area contributed by atoms with Crippen LogP contribution in [0.25, 0.3) is 144 Å². The van der Waals surface area contributed by atoms with Crippen LogP contribution in [0.1, 0.15) is 0 Å². The minimum atomic E-state index is 0.584. The van der Waals surface area contributed by atoms with Crippen LogP contribution in [-0.2, 0) is 0 Å². The van der Waals surface area contributed by atoms with Crippen molar-refractivity contribution in [3.8, 4) is 67.5 Å². The summed E-state index contributed by atoms with van der Waals surface area (Å²) >= 11 is 0. The molecule has 14 rings (SSSR count). The zero-order chi connectivity index (χ0) is 44.7. The van der Waals surface area contributed by atoms with E-state index in [0.29, 0.717) is 17.5 Å². The summed E-state index contributed by atoms with van der Waals surface area (Å²) in [7, 11) is 0. The van der Waals surface area contributed by atoms with Crippen molar-refractivity contribution >= 4 is 76.2 Å². The first-order chi connectivity index (χ1) is 33.7. The molecule has 0 spiro atoms. The Morgan fingerprint density at radius 1 is 0.250 bits per heavy atom. The van der Waals surface area contributed by atoms with Gasteiger partial charge in [0.15, 0.2) is 17.5 Å². The maximum Gasteiger partial charge on any atom is 0.164 e. The van der Waals surface area contributed by atoms with E-state index in [4.69, 9.17) is 23.8 Å². The van der Waals surface area contributed by atoms with Gasteiger partial charge < -0.3 is 8.83 Å². The van der Waals surface area contributed by atoms with Gasteiger partial charge in [0.05, 0.1) is 0 Å². The molecule has 0 aliphatic heterocycles. The summed E-state index contributed by atoms with van der Waals surface area (Å²) in [6.45, 7) is 0. The first-order valence-electron chi connectivity index (χ1n) is 22.9. The molecule has 0 atom stereocenters. The highest BCUT2D eigenvalue weighted by atomic mass is 16.3. The van der Waals surface area contributed by atoms with E-state index in [0.717, 1.165) is 115 Å². The van der Waals surface area contributed by atoms with Crippen LogP contribution < -0.4 is 0 Å². The number of furan rings is 2. The first-order valence-corrected chi connectivity index (χ1v) is 22.9. The third kappa shape index (κ3) is 6.06. The average Bonchev–Trinajstić information content (AvgIpc) is 3.99. The van der Waals surface area contributed by atoms with Crippen molar-refractivity contribution in [3.63, 3.8) is 0 Å². The van der Waals surface area contributed by atoms with Gasteiger partial charge in [0.1, 0.15) is 22.3 Å². The minimum Gasteiger partial charge on any atom is -0.456 e. The van der Waals surface area contributed by atoms with E-state index in [1.807, 2.05) is 48.5 Å². The maximum absolute atomic E-state index is 6.80. The van der Waals surface area contributed by atoms with Gasteiger partial charge in [-0.25, -0.2) is 15.0 Å². The standard InChI is InChI=1S/C63H37N3O2/c1-2-16-39(17-3-1)61-64-62(53-29-14-31-56-59(53)51-21-8-9-30-55(51)67-56)66-63(65-61)54-37-43(36-41-19-6-7-20-44(41)54)45-22-10-25-48-47(45)24-12-26-49(48)50-27-13-32-57-58(50)52-28-11-23-46(60(52)68-57)42-34-33-38-15-4-5-18-40(38)35-42/h1-37H. The molecule has 0 radical (unpaired) electrons. The highest BCUT2D eigenvalue weighted by Crippen LogP contribution is 2.45. The summed E-state index contributed by atoms with van der Waals surface area (Å²) in [5.41, 5.74) is 12.8. The monoisotopic (exact) mass is 867 g/mol. The summed E-state index contributed by atoms with van der Waals surface area (Å²) in [6, 6.07) is 78.8. The SMILES string of the molecule is c1ccc(-c2nc(-c3cc(-c4cccc5c(-c6cccc7oc8c(-c9ccc%10ccccc%10c9)cccc8c67)cccc45)cc4ccccc34)nc(-c3cccc4oc5ccccc5c34)n2)cc1. The van der Waals surface area contributed by atoms with Gasteiger partial charge in [0, 0.05) is 43.8 Å². The second-order valence-electron chi connectivity index (χ2n) is 17.4. The van der Waals surface area contributed by atoms with Gasteiger partial charge in [-0.05, 0) is 96.5 Å². The second kappa shape index (κ2) is 15.2. The van der Waals surface area contributed by atoms with Gasteiger partial charge in [-0.15, -0.1) is 0 Å². The van der Waals surface area contributed by atoms with E-state index in [1.54, 1.807) is 0 Å². The number of para-hydroxylation sites is 2. The van der Waals surface area contributed by atoms with Crippen molar-refractivity contribution in [2.24, 2.45) is 0 Å². The lowest BCUT2D eigenvalue weighted by Crippen LogP contribution is -2.01. The Bertz CT molecular complexity index is 4340. The van der Waals surface area contributed by atoms with Crippen LogP contribution in [0.3, 0.4) is 0 Å². The number of rotatable bonds is 6. The quantitative estimate of drug-likeness (QED) is 0.167. The number of aromatic nitrogens is 3. The van der Waals surface area contributed by atoms with Gasteiger partial charge >= 0.3 is 0 Å². The molecule has 68 heavy (non-hydrogen) atoms. The number of fused-ring (bicyclic) bond motifs is 9. The Morgan fingerprint density at radius 3 is 1.63 bits per heavy atom. The van der Waals surface area contributed by atoms with E-state index in [-0.39, 0.29) is 0 Å². The Morgan fingerprint density at radius 2 is 0.794 bits per heavy atom. The summed E-state index contributed by atoms with van der Waals surface area (Å²) in [4.78, 5) is 15.8. The molecule has 14 aromatic rings. The van der Waals surface area contributed by atoms with Crippen LogP contribution >= 0.6 is 0 Å². The normalized spacial score (nSPS) is 11.8. The molecular formula is C63H37N3O2. The van der Waals surface area contributed by atoms with E-state index < -0.39 is 0 Å². The lowest BCUT2D eigenvalue weighted by Gasteiger charge is -2.15. The zero-order valence-electron chi connectivity index (χ0n) is 36.5. The largest absolute Gasteiger partial charge is 0.456 e. The van der Waals surface area contributed by atoms with Gasteiger partial charge in [-0.3, -0.25) is 0 Å². The Kier molecular flexibility index (Phi) is 8.52. The molecule has 5 nitrogen and oxygen atoms in total. The molecule has 316 valence electrons. The molecule has 3 aromatic heterocycles. The van der Waals surface area contributed by atoms with Gasteiger partial charge in [-0.2, -0.15) is 0 Å². The molecule has 0 unspecified atom stereocenters. The smallest absolute Gasteiger partial charge is 0.164 e. The molecular weight excluding hydrogens is 831 g/mol. The number of benzene rings is 11. The fourth-order valence-electron chi connectivity index (χ4n) is 10.4. The van der Waals surface area contributed by atoms with Crippen molar-refractivity contribution in [3.05, 3.63) is 224 Å². The lowest BCUT2D eigenvalue weighted by molar-refractivity contribution is 0.669. The third-order valence-electron chi connectivity index (χ3n) is 13.5. The van der Waals surface area contributed by atoms with E-state index in [2.05, 4.69) is 176 Å². The van der Waals surface area contributed by atoms with E-state index >= 15 is 0 Å². The van der Waals surface area contributed by atoms with Gasteiger partial charge in [0.2, 0.25) is 0 Å².